The molecule has 0 fully saturated rings. The summed E-state index contributed by atoms with van der Waals surface area (Å²) in [5.74, 6) is 0.268. The van der Waals surface area contributed by atoms with Crippen LogP contribution in [0.3, 0.4) is 0 Å². The largest absolute Gasteiger partial charge is 0.507 e. The van der Waals surface area contributed by atoms with Crippen molar-refractivity contribution in [3.8, 4) is 5.75 Å². The number of hydrogen-bond donors (Lipinski definition) is 1. The number of carbonyl (C=O) groups excluding carboxylic acids is 1. The van der Waals surface area contributed by atoms with Gasteiger partial charge in [0.15, 0.2) is 0 Å². The Bertz CT molecular complexity index is 643. The average Bonchev–Trinajstić information content (AvgIpc) is 2.69. The highest BCUT2D eigenvalue weighted by Gasteiger charge is 2.22. The molecule has 0 amide bonds. The predicted octanol–water partition coefficient (Wildman–Crippen LogP) is 2.69. The lowest BCUT2D eigenvalue weighted by Gasteiger charge is -2.11. The maximum Gasteiger partial charge on any atom is 0.342 e. The third-order valence-electron chi connectivity index (χ3n) is 3.07. The first kappa shape index (κ1) is 14.4. The van der Waals surface area contributed by atoms with Gasteiger partial charge in [-0.1, -0.05) is 0 Å². The van der Waals surface area contributed by atoms with Gasteiger partial charge in [0.05, 0.1) is 12.2 Å². The Morgan fingerprint density at radius 3 is 2.70 bits per heavy atom. The normalized spacial score (nSPS) is 11.2. The fourth-order valence-electron chi connectivity index (χ4n) is 2.25. The van der Waals surface area contributed by atoms with Crippen LogP contribution in [0.25, 0.3) is 11.0 Å². The Morgan fingerprint density at radius 1 is 1.40 bits per heavy atom. The number of phenolic OH excluding ortho intramolecular Hbond substituents is 1. The van der Waals surface area contributed by atoms with Crippen LogP contribution >= 0.6 is 0 Å². The second kappa shape index (κ2) is 5.54. The highest BCUT2D eigenvalue weighted by Crippen LogP contribution is 2.34. The monoisotopic (exact) mass is 277 g/mol. The van der Waals surface area contributed by atoms with Crippen molar-refractivity contribution in [2.45, 2.75) is 20.4 Å². The van der Waals surface area contributed by atoms with Crippen LogP contribution < -0.4 is 0 Å². The molecule has 0 radical (unpaired) electrons. The van der Waals surface area contributed by atoms with E-state index in [0.717, 1.165) is 0 Å². The molecule has 0 aliphatic carbocycles. The third kappa shape index (κ3) is 2.49. The summed E-state index contributed by atoms with van der Waals surface area (Å²) in [4.78, 5) is 13.9. The number of aromatic hydroxyl groups is 1. The molecule has 5 heteroatoms. The number of hydrogen-bond acceptors (Lipinski definition) is 5. The number of rotatable bonds is 4. The summed E-state index contributed by atoms with van der Waals surface area (Å²) in [6.07, 6.45) is 0. The molecule has 0 spiro atoms. The Hall–Kier alpha value is -2.01. The lowest BCUT2D eigenvalue weighted by Crippen LogP contribution is -2.11. The number of ether oxygens (including phenoxy) is 1. The highest BCUT2D eigenvalue weighted by atomic mass is 16.5. The molecule has 1 heterocycles. The second-order valence-corrected chi connectivity index (χ2v) is 4.93. The topological polar surface area (TPSA) is 62.9 Å². The van der Waals surface area contributed by atoms with Gasteiger partial charge in [0.2, 0.25) is 0 Å². The Labute approximate surface area is 117 Å². The number of fused-ring (bicyclic) bond motifs is 1. The first-order valence-electron chi connectivity index (χ1n) is 6.51. The first-order chi connectivity index (χ1) is 9.45. The van der Waals surface area contributed by atoms with E-state index in [1.165, 1.54) is 0 Å². The zero-order chi connectivity index (χ0) is 14.9. The van der Waals surface area contributed by atoms with Crippen LogP contribution in [0.5, 0.6) is 5.75 Å². The van der Waals surface area contributed by atoms with Crippen molar-refractivity contribution in [2.24, 2.45) is 0 Å². The number of nitrogens with zero attached hydrogens (tertiary/aromatic N) is 1. The molecule has 1 aromatic heterocycles. The molecule has 1 aromatic carbocycles. The van der Waals surface area contributed by atoms with Crippen molar-refractivity contribution in [3.05, 3.63) is 29.0 Å². The number of phenols is 1. The highest BCUT2D eigenvalue weighted by molar-refractivity contribution is 6.05. The lowest BCUT2D eigenvalue weighted by molar-refractivity contribution is 0.0526. The maximum absolute atomic E-state index is 12.0. The molecular formula is C15H19NO4. The molecule has 0 aliphatic rings. The summed E-state index contributed by atoms with van der Waals surface area (Å²) in [6.45, 7) is 4.33. The van der Waals surface area contributed by atoms with Gasteiger partial charge in [-0.2, -0.15) is 0 Å². The van der Waals surface area contributed by atoms with E-state index in [-0.39, 0.29) is 5.75 Å². The number of carbonyl (C=O) groups is 1. The van der Waals surface area contributed by atoms with Crippen LogP contribution in [0.4, 0.5) is 0 Å². The summed E-state index contributed by atoms with van der Waals surface area (Å²) in [7, 11) is 3.81. The molecular weight excluding hydrogens is 258 g/mol. The molecule has 0 bridgehead atoms. The summed E-state index contributed by atoms with van der Waals surface area (Å²) >= 11 is 0. The minimum atomic E-state index is -0.398. The minimum Gasteiger partial charge on any atom is -0.507 e. The van der Waals surface area contributed by atoms with Crippen LogP contribution in [0.2, 0.25) is 0 Å². The number of benzene rings is 1. The predicted molar refractivity (Wildman–Crippen MR) is 76.0 cm³/mol. The van der Waals surface area contributed by atoms with Crippen LogP contribution in [0.15, 0.2) is 16.5 Å². The molecule has 0 saturated heterocycles. The Morgan fingerprint density at radius 2 is 2.10 bits per heavy atom. The van der Waals surface area contributed by atoms with E-state index in [2.05, 4.69) is 0 Å². The molecule has 0 saturated carbocycles. The zero-order valence-corrected chi connectivity index (χ0v) is 12.2. The molecule has 0 unspecified atom stereocenters. The van der Waals surface area contributed by atoms with E-state index in [1.807, 2.05) is 19.0 Å². The van der Waals surface area contributed by atoms with E-state index in [4.69, 9.17) is 9.15 Å². The van der Waals surface area contributed by atoms with Crippen LogP contribution in [-0.2, 0) is 11.3 Å². The van der Waals surface area contributed by atoms with Gasteiger partial charge in [-0.05, 0) is 40.1 Å². The molecule has 5 nitrogen and oxygen atoms in total. The van der Waals surface area contributed by atoms with Gasteiger partial charge in [-0.15, -0.1) is 0 Å². The lowest BCUT2D eigenvalue weighted by atomic mass is 10.1. The standard InChI is InChI=1S/C15H19NO4/c1-5-19-15(18)13-9(2)20-14-10(13)6-7-12(17)11(14)8-16(3)4/h6-7,17H,5,8H2,1-4H3. The molecule has 1 N–H and O–H groups in total. The van der Waals surface area contributed by atoms with E-state index in [1.54, 1.807) is 26.0 Å². The van der Waals surface area contributed by atoms with Gasteiger partial charge in [-0.25, -0.2) is 4.79 Å². The average molecular weight is 277 g/mol. The molecule has 2 rings (SSSR count). The van der Waals surface area contributed by atoms with Gasteiger partial charge in [0.25, 0.3) is 0 Å². The van der Waals surface area contributed by atoms with Crippen LogP contribution in [-0.4, -0.2) is 36.7 Å². The molecule has 2 aromatic rings. The number of esters is 1. The van der Waals surface area contributed by atoms with Crippen molar-refractivity contribution < 1.29 is 19.1 Å². The van der Waals surface area contributed by atoms with Crippen molar-refractivity contribution in [3.63, 3.8) is 0 Å². The molecule has 0 atom stereocenters. The van der Waals surface area contributed by atoms with Crippen LogP contribution in [0, 0.1) is 6.92 Å². The number of aryl methyl sites for hydroxylation is 1. The van der Waals surface area contributed by atoms with Gasteiger partial charge in [-0.3, -0.25) is 0 Å². The minimum absolute atomic E-state index is 0.162. The summed E-state index contributed by atoms with van der Waals surface area (Å²) in [6, 6.07) is 3.27. The maximum atomic E-state index is 12.0. The Balaban J connectivity index is 2.63. The fourth-order valence-corrected chi connectivity index (χ4v) is 2.25. The van der Waals surface area contributed by atoms with Crippen molar-refractivity contribution in [2.75, 3.05) is 20.7 Å². The second-order valence-electron chi connectivity index (χ2n) is 4.93. The zero-order valence-electron chi connectivity index (χ0n) is 12.2. The Kier molecular flexibility index (Phi) is 3.99. The van der Waals surface area contributed by atoms with E-state index in [9.17, 15) is 9.90 Å². The van der Waals surface area contributed by atoms with Crippen molar-refractivity contribution in [1.82, 2.24) is 4.90 Å². The SMILES string of the molecule is CCOC(=O)c1c(C)oc2c(CN(C)C)c(O)ccc12. The van der Waals surface area contributed by atoms with Crippen LogP contribution in [0.1, 0.15) is 28.6 Å². The van der Waals surface area contributed by atoms with Crippen molar-refractivity contribution in [1.29, 1.82) is 0 Å². The fraction of sp³-hybridized carbons (Fsp3) is 0.400. The molecule has 108 valence electrons. The molecule has 0 aliphatic heterocycles. The summed E-state index contributed by atoms with van der Waals surface area (Å²) in [5.41, 5.74) is 1.65. The van der Waals surface area contributed by atoms with Gasteiger partial charge in [0, 0.05) is 11.9 Å². The summed E-state index contributed by atoms with van der Waals surface area (Å²) < 4.78 is 10.7. The quantitative estimate of drug-likeness (QED) is 0.870. The van der Waals surface area contributed by atoms with Crippen molar-refractivity contribution >= 4 is 16.9 Å². The van der Waals surface area contributed by atoms with Gasteiger partial charge < -0.3 is 19.2 Å². The third-order valence-corrected chi connectivity index (χ3v) is 3.07. The summed E-state index contributed by atoms with van der Waals surface area (Å²) in [5, 5.41) is 10.7. The smallest absolute Gasteiger partial charge is 0.342 e. The van der Waals surface area contributed by atoms with E-state index >= 15 is 0 Å². The van der Waals surface area contributed by atoms with Gasteiger partial charge in [0.1, 0.15) is 22.7 Å². The van der Waals surface area contributed by atoms with E-state index in [0.29, 0.717) is 41.0 Å². The molecule has 20 heavy (non-hydrogen) atoms. The van der Waals surface area contributed by atoms with E-state index < -0.39 is 5.97 Å². The number of furan rings is 1. The van der Waals surface area contributed by atoms with Gasteiger partial charge >= 0.3 is 5.97 Å². The first-order valence-corrected chi connectivity index (χ1v) is 6.51.